The minimum absolute atomic E-state index is 0.0792. The summed E-state index contributed by atoms with van der Waals surface area (Å²) in [4.78, 5) is 51.1. The Hall–Kier alpha value is -3.12. The fourth-order valence-electron chi connectivity index (χ4n) is 3.69. The molecule has 1 aliphatic heterocycles. The highest BCUT2D eigenvalue weighted by Gasteiger charge is 2.48. The average molecular weight is 498 g/mol. The lowest BCUT2D eigenvalue weighted by molar-refractivity contribution is -0.156. The van der Waals surface area contributed by atoms with Gasteiger partial charge in [0.1, 0.15) is 6.61 Å². The Morgan fingerprint density at radius 3 is 2.43 bits per heavy atom. The Kier molecular flexibility index (Phi) is 10.5. The van der Waals surface area contributed by atoms with Crippen molar-refractivity contribution in [3.63, 3.8) is 0 Å². The van der Waals surface area contributed by atoms with E-state index in [0.29, 0.717) is 31.4 Å². The molecule has 0 aromatic carbocycles. The molecule has 0 unspecified atom stereocenters. The Morgan fingerprint density at radius 2 is 1.83 bits per heavy atom. The van der Waals surface area contributed by atoms with Crippen molar-refractivity contribution in [3.05, 3.63) is 34.8 Å². The monoisotopic (exact) mass is 497 g/mol. The quantitative estimate of drug-likeness (QED) is 0.237. The standard InChI is InChI=1S/C23H32FN3O8/c1-13(2)33-19-14(3)34-22(20(19)35-15(4)29)27-11-17(24)21(26-23(27)32)25-18(31)10-8-6-5-7-9-16(30)12-28/h11,14,19-20,22,28H,1,5-10,12H2,2-4H3,(H,25,26,31,32)/t14-,19-,20-,22-/m1/s1. The Balaban J connectivity index is 2.04. The summed E-state index contributed by atoms with van der Waals surface area (Å²) in [7, 11) is 0. The third-order valence-corrected chi connectivity index (χ3v) is 5.29. The Morgan fingerprint density at radius 1 is 1.17 bits per heavy atom. The van der Waals surface area contributed by atoms with E-state index in [1.54, 1.807) is 13.8 Å². The first-order valence-corrected chi connectivity index (χ1v) is 11.4. The number of hydrogen-bond donors (Lipinski definition) is 2. The molecule has 1 aliphatic rings. The van der Waals surface area contributed by atoms with Crippen LogP contribution >= 0.6 is 0 Å². The van der Waals surface area contributed by atoms with Gasteiger partial charge in [-0.25, -0.2) is 9.18 Å². The van der Waals surface area contributed by atoms with Gasteiger partial charge < -0.3 is 24.6 Å². The number of esters is 1. The predicted octanol–water partition coefficient (Wildman–Crippen LogP) is 1.99. The molecule has 35 heavy (non-hydrogen) atoms. The van der Waals surface area contributed by atoms with Crippen molar-refractivity contribution in [1.82, 2.24) is 9.55 Å². The molecular formula is C23H32FN3O8. The molecule has 4 atom stereocenters. The van der Waals surface area contributed by atoms with E-state index < -0.39 is 60.3 Å². The predicted molar refractivity (Wildman–Crippen MR) is 122 cm³/mol. The molecule has 2 heterocycles. The number of rotatable bonds is 13. The fraction of sp³-hybridized carbons (Fsp3) is 0.609. The van der Waals surface area contributed by atoms with Crippen molar-refractivity contribution in [2.24, 2.45) is 0 Å². The lowest BCUT2D eigenvalue weighted by atomic mass is 10.1. The maximum absolute atomic E-state index is 14.7. The topological polar surface area (TPSA) is 146 Å². The van der Waals surface area contributed by atoms with Crippen LogP contribution in [0.4, 0.5) is 10.2 Å². The number of ether oxygens (including phenoxy) is 3. The van der Waals surface area contributed by atoms with E-state index in [2.05, 4.69) is 16.9 Å². The van der Waals surface area contributed by atoms with Crippen molar-refractivity contribution >= 4 is 23.5 Å². The van der Waals surface area contributed by atoms with Crippen LogP contribution in [0, 0.1) is 5.82 Å². The number of ketones is 1. The van der Waals surface area contributed by atoms with Gasteiger partial charge in [-0.1, -0.05) is 19.4 Å². The van der Waals surface area contributed by atoms with Crippen molar-refractivity contribution in [2.75, 3.05) is 11.9 Å². The van der Waals surface area contributed by atoms with Crippen LogP contribution < -0.4 is 11.0 Å². The number of carbonyl (C=O) groups excluding carboxylic acids is 3. The van der Waals surface area contributed by atoms with Gasteiger partial charge in [0.25, 0.3) is 0 Å². The number of Topliss-reactive ketones (excluding diaryl/α,β-unsaturated/α-hetero) is 1. The van der Waals surface area contributed by atoms with Gasteiger partial charge in [-0.05, 0) is 26.7 Å². The van der Waals surface area contributed by atoms with Crippen molar-refractivity contribution in [2.45, 2.75) is 83.8 Å². The van der Waals surface area contributed by atoms with E-state index in [1.807, 2.05) is 0 Å². The van der Waals surface area contributed by atoms with Gasteiger partial charge in [0, 0.05) is 19.8 Å². The fourth-order valence-corrected chi connectivity index (χ4v) is 3.69. The highest BCUT2D eigenvalue weighted by atomic mass is 19.1. The molecule has 1 fully saturated rings. The minimum atomic E-state index is -1.20. The van der Waals surface area contributed by atoms with Crippen LogP contribution in [0.5, 0.6) is 0 Å². The summed E-state index contributed by atoms with van der Waals surface area (Å²) in [5, 5.41) is 11.0. The number of nitrogens with zero attached hydrogens (tertiary/aromatic N) is 2. The largest absolute Gasteiger partial charge is 0.489 e. The number of unbranched alkanes of at least 4 members (excludes halogenated alkanes) is 3. The zero-order valence-electron chi connectivity index (χ0n) is 20.1. The second-order valence-electron chi connectivity index (χ2n) is 8.38. The minimum Gasteiger partial charge on any atom is -0.489 e. The zero-order valence-corrected chi connectivity index (χ0v) is 20.1. The van der Waals surface area contributed by atoms with E-state index in [4.69, 9.17) is 19.3 Å². The Labute approximate surface area is 202 Å². The van der Waals surface area contributed by atoms with Gasteiger partial charge in [0.2, 0.25) is 5.91 Å². The third kappa shape index (κ3) is 8.25. The second kappa shape index (κ2) is 13.1. The molecule has 0 saturated carbocycles. The molecule has 2 N–H and O–H groups in total. The first kappa shape index (κ1) is 28.1. The number of aromatic nitrogens is 2. The van der Waals surface area contributed by atoms with Crippen LogP contribution in [0.25, 0.3) is 0 Å². The van der Waals surface area contributed by atoms with Gasteiger partial charge in [-0.3, -0.25) is 19.0 Å². The molecule has 1 amide bonds. The molecular weight excluding hydrogens is 465 g/mol. The SMILES string of the molecule is C=C(C)O[C@H]1[C@@H](OC(C)=O)[C@H](n2cc(F)c(NC(=O)CCCCCCC(=O)CO)nc2=O)O[C@@H]1C. The summed E-state index contributed by atoms with van der Waals surface area (Å²) >= 11 is 0. The summed E-state index contributed by atoms with van der Waals surface area (Å²) in [5.41, 5.74) is -0.916. The van der Waals surface area contributed by atoms with Crippen LogP contribution in [-0.2, 0) is 28.6 Å². The number of hydrogen-bond acceptors (Lipinski definition) is 9. The van der Waals surface area contributed by atoms with Crippen molar-refractivity contribution in [3.8, 4) is 0 Å². The molecule has 0 bridgehead atoms. The van der Waals surface area contributed by atoms with Gasteiger partial charge in [-0.15, -0.1) is 0 Å². The molecule has 0 aliphatic carbocycles. The smallest absolute Gasteiger partial charge is 0.351 e. The number of carbonyl (C=O) groups is 3. The lowest BCUT2D eigenvalue weighted by Crippen LogP contribution is -2.39. The van der Waals surface area contributed by atoms with E-state index in [1.165, 1.54) is 6.92 Å². The van der Waals surface area contributed by atoms with E-state index in [-0.39, 0.29) is 18.6 Å². The van der Waals surface area contributed by atoms with Gasteiger partial charge >= 0.3 is 11.7 Å². The Bertz CT molecular complexity index is 995. The highest BCUT2D eigenvalue weighted by Crippen LogP contribution is 2.34. The van der Waals surface area contributed by atoms with E-state index in [9.17, 15) is 23.6 Å². The summed E-state index contributed by atoms with van der Waals surface area (Å²) in [6, 6.07) is 0. The van der Waals surface area contributed by atoms with Crippen LogP contribution in [0.1, 0.15) is 65.5 Å². The van der Waals surface area contributed by atoms with Crippen molar-refractivity contribution in [1.29, 1.82) is 0 Å². The molecule has 1 saturated heterocycles. The second-order valence-corrected chi connectivity index (χ2v) is 8.38. The summed E-state index contributed by atoms with van der Waals surface area (Å²) in [5.74, 6) is -2.53. The molecule has 0 spiro atoms. The molecule has 12 heteroatoms. The van der Waals surface area contributed by atoms with E-state index in [0.717, 1.165) is 10.8 Å². The zero-order chi connectivity index (χ0) is 26.1. The van der Waals surface area contributed by atoms with Crippen LogP contribution in [0.15, 0.2) is 23.3 Å². The van der Waals surface area contributed by atoms with E-state index >= 15 is 0 Å². The number of halogens is 1. The van der Waals surface area contributed by atoms with Gasteiger partial charge in [0.05, 0.1) is 18.1 Å². The first-order chi connectivity index (χ1) is 16.5. The van der Waals surface area contributed by atoms with Crippen LogP contribution in [-0.4, -0.2) is 57.2 Å². The number of aliphatic hydroxyl groups is 1. The van der Waals surface area contributed by atoms with Crippen LogP contribution in [0.2, 0.25) is 0 Å². The average Bonchev–Trinajstić information content (AvgIpc) is 3.06. The number of nitrogens with one attached hydrogen (secondary N) is 1. The number of amides is 1. The maximum atomic E-state index is 14.7. The molecule has 1 aromatic heterocycles. The van der Waals surface area contributed by atoms with Crippen LogP contribution in [0.3, 0.4) is 0 Å². The molecule has 2 rings (SSSR count). The third-order valence-electron chi connectivity index (χ3n) is 5.29. The summed E-state index contributed by atoms with van der Waals surface area (Å²) in [6.07, 6.45) is 0.0406. The molecule has 0 radical (unpaired) electrons. The number of allylic oxidation sites excluding steroid dienone is 1. The van der Waals surface area contributed by atoms with Crippen molar-refractivity contribution < 1.29 is 38.1 Å². The molecule has 194 valence electrons. The first-order valence-electron chi connectivity index (χ1n) is 11.4. The molecule has 11 nitrogen and oxygen atoms in total. The normalized spacial score (nSPS) is 21.4. The lowest BCUT2D eigenvalue weighted by Gasteiger charge is -2.24. The molecule has 1 aromatic rings. The van der Waals surface area contributed by atoms with Gasteiger partial charge in [0.15, 0.2) is 35.9 Å². The maximum Gasteiger partial charge on any atom is 0.351 e. The number of aliphatic hydroxyl groups excluding tert-OH is 1. The number of anilines is 1. The summed E-state index contributed by atoms with van der Waals surface area (Å²) < 4.78 is 32.2. The van der Waals surface area contributed by atoms with Gasteiger partial charge in [-0.2, -0.15) is 4.98 Å². The highest BCUT2D eigenvalue weighted by molar-refractivity contribution is 5.89. The summed E-state index contributed by atoms with van der Waals surface area (Å²) in [6.45, 7) is 7.63.